The number of aliphatic imine (C=N–C) groups is 1. The number of nitrogens with one attached hydrogen (secondary N) is 1. The highest BCUT2D eigenvalue weighted by molar-refractivity contribution is 9.10. The van der Waals surface area contributed by atoms with Crippen LogP contribution in [0.3, 0.4) is 0 Å². The Hall–Kier alpha value is -2.82. The van der Waals surface area contributed by atoms with Gasteiger partial charge in [0.15, 0.2) is 0 Å². The number of hydrogen-bond acceptors (Lipinski definition) is 6. The summed E-state index contributed by atoms with van der Waals surface area (Å²) in [4.78, 5) is 42.1. The number of halogens is 2. The van der Waals surface area contributed by atoms with Crippen LogP contribution < -0.4 is 16.6 Å². The number of carbonyl (C=O) groups excluding carboxylic acids is 1. The van der Waals surface area contributed by atoms with Gasteiger partial charge < -0.3 is 10.4 Å². The van der Waals surface area contributed by atoms with E-state index in [1.807, 2.05) is 19.1 Å². The van der Waals surface area contributed by atoms with Gasteiger partial charge in [0.2, 0.25) is 11.8 Å². The fraction of sp³-hybridized carbons (Fsp3) is 0.182. The SMILES string of the molecule is Cc1ccc(N=C(SCC(=O)Nc2ccc(Br)cc2Cl)c2c(O)n(C)c(=O)n(C)c2=O)cc1. The van der Waals surface area contributed by atoms with Crippen LogP contribution in [0.15, 0.2) is 61.5 Å². The van der Waals surface area contributed by atoms with Crippen molar-refractivity contribution in [2.24, 2.45) is 19.1 Å². The lowest BCUT2D eigenvalue weighted by atomic mass is 10.2. The zero-order chi connectivity index (χ0) is 24.3. The molecule has 8 nitrogen and oxygen atoms in total. The minimum Gasteiger partial charge on any atom is -0.494 e. The molecule has 0 spiro atoms. The molecule has 0 saturated heterocycles. The van der Waals surface area contributed by atoms with E-state index in [-0.39, 0.29) is 22.3 Å². The lowest BCUT2D eigenvalue weighted by molar-refractivity contribution is -0.113. The first-order valence-corrected chi connectivity index (χ1v) is 11.8. The van der Waals surface area contributed by atoms with Gasteiger partial charge in [0.05, 0.1) is 22.2 Å². The zero-order valence-corrected chi connectivity index (χ0v) is 21.1. The van der Waals surface area contributed by atoms with E-state index >= 15 is 0 Å². The topological polar surface area (TPSA) is 106 Å². The quantitative estimate of drug-likeness (QED) is 0.369. The van der Waals surface area contributed by atoms with Crippen molar-refractivity contribution in [2.75, 3.05) is 11.1 Å². The number of amides is 1. The molecule has 0 saturated carbocycles. The molecule has 0 unspecified atom stereocenters. The third-order valence-electron chi connectivity index (χ3n) is 4.66. The van der Waals surface area contributed by atoms with E-state index in [0.717, 1.165) is 30.9 Å². The van der Waals surface area contributed by atoms with Crippen LogP contribution >= 0.6 is 39.3 Å². The van der Waals surface area contributed by atoms with Crippen molar-refractivity contribution in [3.05, 3.63) is 83.9 Å². The summed E-state index contributed by atoms with van der Waals surface area (Å²) < 4.78 is 2.60. The van der Waals surface area contributed by atoms with E-state index < -0.39 is 17.1 Å². The lowest BCUT2D eigenvalue weighted by Gasteiger charge is -2.13. The summed E-state index contributed by atoms with van der Waals surface area (Å²) in [5.74, 6) is -1.04. The van der Waals surface area contributed by atoms with Gasteiger partial charge in [0.25, 0.3) is 5.56 Å². The van der Waals surface area contributed by atoms with Crippen LogP contribution in [-0.4, -0.2) is 30.9 Å². The van der Waals surface area contributed by atoms with Crippen LogP contribution in [0.25, 0.3) is 0 Å². The standard InChI is InChI=1S/C22H20BrClN4O4S/c1-12-4-7-14(8-5-12)25-19(18-20(30)27(2)22(32)28(3)21(18)31)33-11-17(29)26-16-9-6-13(23)10-15(16)24/h4-10,30H,11H2,1-3H3,(H,26,29). The van der Waals surface area contributed by atoms with E-state index in [4.69, 9.17) is 11.6 Å². The smallest absolute Gasteiger partial charge is 0.333 e. The van der Waals surface area contributed by atoms with Crippen molar-refractivity contribution in [3.8, 4) is 5.88 Å². The molecule has 0 aliphatic carbocycles. The van der Waals surface area contributed by atoms with Gasteiger partial charge in [-0.2, -0.15) is 0 Å². The molecule has 1 heterocycles. The van der Waals surface area contributed by atoms with E-state index in [1.165, 1.54) is 14.1 Å². The molecule has 2 N–H and O–H groups in total. The molecule has 1 amide bonds. The van der Waals surface area contributed by atoms with Crippen LogP contribution in [0.5, 0.6) is 5.88 Å². The Morgan fingerprint density at radius 2 is 1.82 bits per heavy atom. The van der Waals surface area contributed by atoms with Crippen LogP contribution in [0.4, 0.5) is 11.4 Å². The molecule has 3 aromatic rings. The molecule has 1 aromatic heterocycles. The first-order valence-electron chi connectivity index (χ1n) is 9.61. The largest absolute Gasteiger partial charge is 0.494 e. The predicted molar refractivity (Wildman–Crippen MR) is 136 cm³/mol. The minimum atomic E-state index is -0.717. The summed E-state index contributed by atoms with van der Waals surface area (Å²) in [7, 11) is 2.65. The molecule has 0 atom stereocenters. The van der Waals surface area contributed by atoms with Gasteiger partial charge in [0.1, 0.15) is 10.6 Å². The van der Waals surface area contributed by atoms with Crippen molar-refractivity contribution in [1.82, 2.24) is 9.13 Å². The fourth-order valence-corrected chi connectivity index (χ4v) is 4.38. The Kier molecular flexibility index (Phi) is 7.83. The summed E-state index contributed by atoms with van der Waals surface area (Å²) in [6.45, 7) is 1.93. The lowest BCUT2D eigenvalue weighted by Crippen LogP contribution is -2.39. The summed E-state index contributed by atoms with van der Waals surface area (Å²) in [5, 5.41) is 13.7. The van der Waals surface area contributed by atoms with Crippen LogP contribution in [0, 0.1) is 6.92 Å². The first-order chi connectivity index (χ1) is 15.6. The van der Waals surface area contributed by atoms with Gasteiger partial charge in [0, 0.05) is 18.6 Å². The van der Waals surface area contributed by atoms with E-state index in [2.05, 4.69) is 26.2 Å². The number of aryl methyl sites for hydroxylation is 1. The van der Waals surface area contributed by atoms with Gasteiger partial charge >= 0.3 is 5.69 Å². The van der Waals surface area contributed by atoms with Gasteiger partial charge in [-0.05, 0) is 37.3 Å². The van der Waals surface area contributed by atoms with Crippen LogP contribution in [0.2, 0.25) is 5.02 Å². The maximum absolute atomic E-state index is 12.8. The number of nitrogens with zero attached hydrogens (tertiary/aromatic N) is 3. The Morgan fingerprint density at radius 1 is 1.15 bits per heavy atom. The second-order valence-electron chi connectivity index (χ2n) is 7.12. The number of rotatable bonds is 5. The number of carbonyl (C=O) groups is 1. The second kappa shape index (κ2) is 10.4. The number of aromatic hydroxyl groups is 1. The van der Waals surface area contributed by atoms with Gasteiger partial charge in [-0.3, -0.25) is 18.7 Å². The minimum absolute atomic E-state index is 0.101. The van der Waals surface area contributed by atoms with Crippen molar-refractivity contribution in [2.45, 2.75) is 6.92 Å². The van der Waals surface area contributed by atoms with Crippen LogP contribution in [0.1, 0.15) is 11.1 Å². The van der Waals surface area contributed by atoms with Gasteiger partial charge in [-0.25, -0.2) is 9.79 Å². The number of anilines is 1. The molecular weight excluding hydrogens is 532 g/mol. The molecule has 0 aliphatic rings. The van der Waals surface area contributed by atoms with E-state index in [1.54, 1.807) is 30.3 Å². The van der Waals surface area contributed by atoms with Crippen molar-refractivity contribution in [3.63, 3.8) is 0 Å². The summed E-state index contributed by atoms with van der Waals surface area (Å²) >= 11 is 10.4. The highest BCUT2D eigenvalue weighted by Gasteiger charge is 2.22. The number of aromatic nitrogens is 2. The molecule has 11 heteroatoms. The molecule has 0 bridgehead atoms. The Bertz CT molecular complexity index is 1370. The highest BCUT2D eigenvalue weighted by Crippen LogP contribution is 2.27. The van der Waals surface area contributed by atoms with E-state index in [9.17, 15) is 19.5 Å². The predicted octanol–water partition coefficient (Wildman–Crippen LogP) is 3.96. The van der Waals surface area contributed by atoms with Crippen LogP contribution in [-0.2, 0) is 18.9 Å². The number of benzene rings is 2. The fourth-order valence-electron chi connectivity index (χ4n) is 2.83. The summed E-state index contributed by atoms with van der Waals surface area (Å²) in [6, 6.07) is 12.3. The molecule has 0 fully saturated rings. The average molecular weight is 552 g/mol. The summed E-state index contributed by atoms with van der Waals surface area (Å²) in [5.41, 5.74) is 0.418. The maximum atomic E-state index is 12.8. The van der Waals surface area contributed by atoms with E-state index in [0.29, 0.717) is 16.4 Å². The average Bonchev–Trinajstić information content (AvgIpc) is 2.78. The molecular formula is C22H20BrClN4O4S. The van der Waals surface area contributed by atoms with Gasteiger partial charge in [-0.15, -0.1) is 0 Å². The van der Waals surface area contributed by atoms with Gasteiger partial charge in [-0.1, -0.05) is 57.0 Å². The number of hydrogen-bond donors (Lipinski definition) is 2. The Morgan fingerprint density at radius 3 is 2.45 bits per heavy atom. The van der Waals surface area contributed by atoms with Crippen molar-refractivity contribution >= 4 is 61.6 Å². The monoisotopic (exact) mass is 550 g/mol. The highest BCUT2D eigenvalue weighted by atomic mass is 79.9. The second-order valence-corrected chi connectivity index (χ2v) is 9.40. The first kappa shape index (κ1) is 24.8. The summed E-state index contributed by atoms with van der Waals surface area (Å²) in [6.07, 6.45) is 0. The maximum Gasteiger partial charge on any atom is 0.333 e. The molecule has 33 heavy (non-hydrogen) atoms. The third-order valence-corrected chi connectivity index (χ3v) is 6.44. The molecule has 172 valence electrons. The Labute approximate surface area is 207 Å². The van der Waals surface area contributed by atoms with Crippen molar-refractivity contribution in [1.29, 1.82) is 0 Å². The zero-order valence-electron chi connectivity index (χ0n) is 17.9. The Balaban J connectivity index is 1.97. The van der Waals surface area contributed by atoms with Crippen molar-refractivity contribution < 1.29 is 9.90 Å². The molecule has 3 rings (SSSR count). The molecule has 2 aromatic carbocycles. The third kappa shape index (κ3) is 5.76. The normalized spacial score (nSPS) is 11.5. The molecule has 0 radical (unpaired) electrons. The molecule has 0 aliphatic heterocycles. The number of thioether (sulfide) groups is 1.